The van der Waals surface area contributed by atoms with Crippen LogP contribution in [0.15, 0.2) is 35.2 Å². The van der Waals surface area contributed by atoms with Gasteiger partial charge in [-0.15, -0.1) is 11.8 Å². The summed E-state index contributed by atoms with van der Waals surface area (Å²) in [5.74, 6) is 1.47. The van der Waals surface area contributed by atoms with Crippen LogP contribution in [0.1, 0.15) is 19.8 Å². The molecule has 3 rings (SSSR count). The highest BCUT2D eigenvalue weighted by molar-refractivity contribution is 7.99. The van der Waals surface area contributed by atoms with Crippen LogP contribution >= 0.6 is 11.8 Å². The van der Waals surface area contributed by atoms with Gasteiger partial charge in [-0.3, -0.25) is 14.6 Å². The molecule has 0 aromatic heterocycles. The first-order chi connectivity index (χ1) is 11.7. The molecular formula is C19H29N3OS. The van der Waals surface area contributed by atoms with Crippen molar-refractivity contribution < 1.29 is 4.79 Å². The molecule has 132 valence electrons. The summed E-state index contributed by atoms with van der Waals surface area (Å²) in [6.45, 7) is 9.30. The summed E-state index contributed by atoms with van der Waals surface area (Å²) >= 11 is 1.93. The SMILES string of the molecule is C[C@H](C(=O)N1CCCC1)N1CCN(CCSc2ccccc2)CC1. The molecule has 24 heavy (non-hydrogen) atoms. The van der Waals surface area contributed by atoms with Gasteiger partial charge in [0, 0.05) is 56.5 Å². The largest absolute Gasteiger partial charge is 0.341 e. The standard InChI is InChI=1S/C19H29N3OS/c1-17(19(23)22-9-5-6-10-22)21-13-11-20(12-14-21)15-16-24-18-7-3-2-4-8-18/h2-4,7-8,17H,5-6,9-16H2,1H3/t17-/m1/s1. The number of carbonyl (C=O) groups excluding carboxylic acids is 1. The number of nitrogens with zero attached hydrogens (tertiary/aromatic N) is 3. The average Bonchev–Trinajstić information content (AvgIpc) is 3.17. The summed E-state index contributed by atoms with van der Waals surface area (Å²) in [5, 5.41) is 0. The van der Waals surface area contributed by atoms with Crippen molar-refractivity contribution in [1.29, 1.82) is 0 Å². The molecular weight excluding hydrogens is 318 g/mol. The molecule has 2 fully saturated rings. The molecule has 5 heteroatoms. The molecule has 0 spiro atoms. The topological polar surface area (TPSA) is 26.8 Å². The number of likely N-dealkylation sites (tertiary alicyclic amines) is 1. The van der Waals surface area contributed by atoms with E-state index in [1.54, 1.807) is 0 Å². The second-order valence-electron chi connectivity index (χ2n) is 6.75. The van der Waals surface area contributed by atoms with Crippen molar-refractivity contribution in [2.45, 2.75) is 30.7 Å². The van der Waals surface area contributed by atoms with E-state index in [1.165, 1.54) is 17.7 Å². The average molecular weight is 348 g/mol. The lowest BCUT2D eigenvalue weighted by molar-refractivity contribution is -0.136. The minimum Gasteiger partial charge on any atom is -0.341 e. The zero-order chi connectivity index (χ0) is 16.8. The number of amides is 1. The van der Waals surface area contributed by atoms with Crippen LogP contribution in [-0.4, -0.2) is 78.2 Å². The molecule has 0 saturated carbocycles. The van der Waals surface area contributed by atoms with Crippen LogP contribution in [0.25, 0.3) is 0 Å². The maximum absolute atomic E-state index is 12.5. The van der Waals surface area contributed by atoms with Gasteiger partial charge in [-0.1, -0.05) is 18.2 Å². The number of thioether (sulfide) groups is 1. The molecule has 1 aromatic carbocycles. The van der Waals surface area contributed by atoms with Crippen molar-refractivity contribution >= 4 is 17.7 Å². The third-order valence-corrected chi connectivity index (χ3v) is 6.14. The maximum Gasteiger partial charge on any atom is 0.239 e. The van der Waals surface area contributed by atoms with Crippen molar-refractivity contribution in [3.8, 4) is 0 Å². The van der Waals surface area contributed by atoms with E-state index in [-0.39, 0.29) is 6.04 Å². The predicted octanol–water partition coefficient (Wildman–Crippen LogP) is 2.41. The quantitative estimate of drug-likeness (QED) is 0.739. The number of hydrogen-bond acceptors (Lipinski definition) is 4. The lowest BCUT2D eigenvalue weighted by Gasteiger charge is -2.38. The minimum atomic E-state index is 0.0453. The van der Waals surface area contributed by atoms with E-state index >= 15 is 0 Å². The van der Waals surface area contributed by atoms with Crippen molar-refractivity contribution in [2.75, 3.05) is 51.6 Å². The van der Waals surface area contributed by atoms with E-state index in [2.05, 4.69) is 47.1 Å². The Morgan fingerprint density at radius 1 is 1.04 bits per heavy atom. The van der Waals surface area contributed by atoms with Crippen LogP contribution in [0.4, 0.5) is 0 Å². The maximum atomic E-state index is 12.5. The van der Waals surface area contributed by atoms with Gasteiger partial charge in [-0.2, -0.15) is 0 Å². The molecule has 0 radical (unpaired) electrons. The fourth-order valence-electron chi connectivity index (χ4n) is 3.54. The molecule has 2 heterocycles. The van der Waals surface area contributed by atoms with Gasteiger partial charge < -0.3 is 4.90 Å². The molecule has 2 saturated heterocycles. The fourth-order valence-corrected chi connectivity index (χ4v) is 4.48. The molecule has 0 N–H and O–H groups in total. The van der Waals surface area contributed by atoms with E-state index in [0.29, 0.717) is 5.91 Å². The first-order valence-corrected chi connectivity index (χ1v) is 10.2. The molecule has 0 bridgehead atoms. The number of carbonyl (C=O) groups is 1. The highest BCUT2D eigenvalue weighted by atomic mass is 32.2. The first kappa shape index (κ1) is 17.8. The molecule has 2 aliphatic rings. The minimum absolute atomic E-state index is 0.0453. The summed E-state index contributed by atoms with van der Waals surface area (Å²) in [5.41, 5.74) is 0. The van der Waals surface area contributed by atoms with E-state index in [9.17, 15) is 4.79 Å². The zero-order valence-electron chi connectivity index (χ0n) is 14.7. The number of piperazine rings is 1. The number of hydrogen-bond donors (Lipinski definition) is 0. The molecule has 0 aliphatic carbocycles. The highest BCUT2D eigenvalue weighted by Crippen LogP contribution is 2.18. The van der Waals surface area contributed by atoms with Gasteiger partial charge in [0.25, 0.3) is 0 Å². The van der Waals surface area contributed by atoms with Gasteiger partial charge in [-0.25, -0.2) is 0 Å². The molecule has 4 nitrogen and oxygen atoms in total. The predicted molar refractivity (Wildman–Crippen MR) is 100 cm³/mol. The van der Waals surface area contributed by atoms with Crippen molar-refractivity contribution in [3.05, 3.63) is 30.3 Å². The van der Waals surface area contributed by atoms with E-state index in [4.69, 9.17) is 0 Å². The van der Waals surface area contributed by atoms with Gasteiger partial charge in [0.05, 0.1) is 6.04 Å². The van der Waals surface area contributed by atoms with Gasteiger partial charge >= 0.3 is 0 Å². The molecule has 1 atom stereocenters. The van der Waals surface area contributed by atoms with Crippen LogP contribution < -0.4 is 0 Å². The Balaban J connectivity index is 1.36. The lowest BCUT2D eigenvalue weighted by atomic mass is 10.2. The third-order valence-electron chi connectivity index (χ3n) is 5.15. The number of rotatable bonds is 6. The van der Waals surface area contributed by atoms with Crippen molar-refractivity contribution in [2.24, 2.45) is 0 Å². The molecule has 1 amide bonds. The molecule has 2 aliphatic heterocycles. The Bertz CT molecular complexity index is 511. The summed E-state index contributed by atoms with van der Waals surface area (Å²) < 4.78 is 0. The Morgan fingerprint density at radius 3 is 2.38 bits per heavy atom. The number of benzene rings is 1. The Hall–Kier alpha value is -1.04. The second kappa shape index (κ2) is 8.88. The van der Waals surface area contributed by atoms with Gasteiger partial charge in [0.2, 0.25) is 5.91 Å². The fraction of sp³-hybridized carbons (Fsp3) is 0.632. The lowest BCUT2D eigenvalue weighted by Crippen LogP contribution is -2.54. The Labute approximate surface area is 150 Å². The highest BCUT2D eigenvalue weighted by Gasteiger charge is 2.29. The first-order valence-electron chi connectivity index (χ1n) is 9.17. The van der Waals surface area contributed by atoms with Crippen LogP contribution in [0.3, 0.4) is 0 Å². The van der Waals surface area contributed by atoms with Crippen molar-refractivity contribution in [3.63, 3.8) is 0 Å². The zero-order valence-corrected chi connectivity index (χ0v) is 15.5. The van der Waals surface area contributed by atoms with Gasteiger partial charge in [-0.05, 0) is 31.9 Å². The van der Waals surface area contributed by atoms with E-state index in [0.717, 1.165) is 51.6 Å². The second-order valence-corrected chi connectivity index (χ2v) is 7.92. The summed E-state index contributed by atoms with van der Waals surface area (Å²) in [6.07, 6.45) is 2.34. The van der Waals surface area contributed by atoms with Gasteiger partial charge in [0.15, 0.2) is 0 Å². The summed E-state index contributed by atoms with van der Waals surface area (Å²) in [7, 11) is 0. The van der Waals surface area contributed by atoms with Crippen LogP contribution in [0.2, 0.25) is 0 Å². The van der Waals surface area contributed by atoms with Crippen molar-refractivity contribution in [1.82, 2.24) is 14.7 Å². The third kappa shape index (κ3) is 4.74. The molecule has 0 unspecified atom stereocenters. The smallest absolute Gasteiger partial charge is 0.239 e. The van der Waals surface area contributed by atoms with Crippen LogP contribution in [-0.2, 0) is 4.79 Å². The Morgan fingerprint density at radius 2 is 1.71 bits per heavy atom. The van der Waals surface area contributed by atoms with Gasteiger partial charge in [0.1, 0.15) is 0 Å². The monoisotopic (exact) mass is 347 g/mol. The van der Waals surface area contributed by atoms with Crippen LogP contribution in [0.5, 0.6) is 0 Å². The van der Waals surface area contributed by atoms with E-state index in [1.807, 2.05) is 16.7 Å². The normalized spacial score (nSPS) is 21.1. The molecule has 1 aromatic rings. The Kier molecular flexibility index (Phi) is 6.58. The summed E-state index contributed by atoms with van der Waals surface area (Å²) in [6, 6.07) is 10.7. The van der Waals surface area contributed by atoms with E-state index < -0.39 is 0 Å². The van der Waals surface area contributed by atoms with Crippen LogP contribution in [0, 0.1) is 0 Å². The summed E-state index contributed by atoms with van der Waals surface area (Å²) in [4.78, 5) is 20.8.